The maximum absolute atomic E-state index is 12.6. The van der Waals surface area contributed by atoms with Crippen LogP contribution in [-0.4, -0.2) is 35.3 Å². The number of hydrogen-bond acceptors (Lipinski definition) is 5. The van der Waals surface area contributed by atoms with Gasteiger partial charge in [-0.2, -0.15) is 0 Å². The lowest BCUT2D eigenvalue weighted by atomic mass is 9.98. The fourth-order valence-corrected chi connectivity index (χ4v) is 4.28. The van der Waals surface area contributed by atoms with Crippen LogP contribution in [0.3, 0.4) is 0 Å². The highest BCUT2D eigenvalue weighted by molar-refractivity contribution is 5.92. The van der Waals surface area contributed by atoms with E-state index in [1.165, 1.54) is 0 Å². The number of nitrogens with zero attached hydrogens (tertiary/aromatic N) is 1. The smallest absolute Gasteiger partial charge is 0.338 e. The Bertz CT molecular complexity index is 1140. The third-order valence-corrected chi connectivity index (χ3v) is 5.57. The van der Waals surface area contributed by atoms with Gasteiger partial charge in [-0.3, -0.25) is 0 Å². The van der Waals surface area contributed by atoms with Gasteiger partial charge in [0, 0.05) is 41.7 Å². The van der Waals surface area contributed by atoms with Gasteiger partial charge < -0.3 is 19.4 Å². The average molecular weight is 435 g/mol. The molecule has 0 amide bonds. The molecule has 4 rings (SSSR count). The van der Waals surface area contributed by atoms with Crippen molar-refractivity contribution < 1.29 is 19.1 Å². The third-order valence-electron chi connectivity index (χ3n) is 5.57. The first kappa shape index (κ1) is 22.1. The Morgan fingerprint density at radius 2 is 1.81 bits per heavy atom. The SMILES string of the molecule is CCOC(=O)C1NCCc2c1c1ccccc1n2Cc1ccc(C(=O)OC(C)(C)C)cc1. The summed E-state index contributed by atoms with van der Waals surface area (Å²) in [6, 6.07) is 15.3. The summed E-state index contributed by atoms with van der Waals surface area (Å²) in [6.07, 6.45) is 0.829. The predicted molar refractivity (Wildman–Crippen MR) is 124 cm³/mol. The number of aromatic nitrogens is 1. The topological polar surface area (TPSA) is 69.6 Å². The number of nitrogens with one attached hydrogen (secondary N) is 1. The van der Waals surface area contributed by atoms with E-state index < -0.39 is 11.6 Å². The zero-order valence-corrected chi connectivity index (χ0v) is 19.1. The summed E-state index contributed by atoms with van der Waals surface area (Å²) in [7, 11) is 0. The number of rotatable bonds is 5. The second-order valence-electron chi connectivity index (χ2n) is 9.05. The maximum atomic E-state index is 12.6. The second-order valence-corrected chi connectivity index (χ2v) is 9.05. The van der Waals surface area contributed by atoms with E-state index in [1.54, 1.807) is 0 Å². The van der Waals surface area contributed by atoms with E-state index in [9.17, 15) is 9.59 Å². The zero-order valence-electron chi connectivity index (χ0n) is 19.1. The Morgan fingerprint density at radius 1 is 1.09 bits per heavy atom. The van der Waals surface area contributed by atoms with Crippen LogP contribution in [0.5, 0.6) is 0 Å². The molecular weight excluding hydrogens is 404 g/mol. The van der Waals surface area contributed by atoms with Gasteiger partial charge in [0.15, 0.2) is 0 Å². The summed E-state index contributed by atoms with van der Waals surface area (Å²) >= 11 is 0. The number of benzene rings is 2. The van der Waals surface area contributed by atoms with Gasteiger partial charge in [-0.15, -0.1) is 0 Å². The number of esters is 2. The van der Waals surface area contributed by atoms with Gasteiger partial charge in [0.05, 0.1) is 12.2 Å². The minimum absolute atomic E-state index is 0.238. The number of carbonyl (C=O) groups is 2. The quantitative estimate of drug-likeness (QED) is 0.603. The Labute approximate surface area is 188 Å². The first-order valence-corrected chi connectivity index (χ1v) is 11.1. The van der Waals surface area contributed by atoms with Crippen LogP contribution in [0.15, 0.2) is 48.5 Å². The highest BCUT2D eigenvalue weighted by Gasteiger charge is 2.32. The van der Waals surface area contributed by atoms with Crippen LogP contribution < -0.4 is 5.32 Å². The van der Waals surface area contributed by atoms with Crippen molar-refractivity contribution in [2.75, 3.05) is 13.2 Å². The fraction of sp³-hybridized carbons (Fsp3) is 0.385. The molecule has 6 nitrogen and oxygen atoms in total. The Hall–Kier alpha value is -3.12. The number of hydrogen-bond donors (Lipinski definition) is 1. The van der Waals surface area contributed by atoms with Crippen molar-refractivity contribution in [2.24, 2.45) is 0 Å². The van der Waals surface area contributed by atoms with E-state index in [0.29, 0.717) is 25.3 Å². The third kappa shape index (κ3) is 4.41. The maximum Gasteiger partial charge on any atom is 0.338 e. The fourth-order valence-electron chi connectivity index (χ4n) is 4.28. The standard InChI is InChI=1S/C26H30N2O4/c1-5-31-25(30)23-22-19-8-6-7-9-20(19)28(21(22)14-15-27-23)16-17-10-12-18(13-11-17)24(29)32-26(2,3)4/h6-13,23,27H,5,14-16H2,1-4H3. The van der Waals surface area contributed by atoms with Crippen LogP contribution in [0.1, 0.15) is 60.9 Å². The van der Waals surface area contributed by atoms with Crippen LogP contribution in [0.2, 0.25) is 0 Å². The van der Waals surface area contributed by atoms with Crippen molar-refractivity contribution in [1.82, 2.24) is 9.88 Å². The van der Waals surface area contributed by atoms with E-state index in [4.69, 9.17) is 9.47 Å². The molecule has 3 aromatic rings. The van der Waals surface area contributed by atoms with Crippen molar-refractivity contribution in [3.05, 3.63) is 70.9 Å². The van der Waals surface area contributed by atoms with Crippen LogP contribution in [0.25, 0.3) is 10.9 Å². The monoisotopic (exact) mass is 434 g/mol. The molecule has 1 unspecified atom stereocenters. The molecule has 0 aliphatic carbocycles. The van der Waals surface area contributed by atoms with E-state index in [0.717, 1.165) is 34.1 Å². The van der Waals surface area contributed by atoms with Crippen LogP contribution in [0, 0.1) is 0 Å². The molecule has 6 heteroatoms. The normalized spacial score (nSPS) is 15.9. The van der Waals surface area contributed by atoms with E-state index in [-0.39, 0.29) is 11.9 Å². The summed E-state index contributed by atoms with van der Waals surface area (Å²) < 4.78 is 13.1. The van der Waals surface area contributed by atoms with Gasteiger partial charge in [-0.05, 0) is 51.5 Å². The number of para-hydroxylation sites is 1. The minimum atomic E-state index is -0.525. The molecule has 1 atom stereocenters. The molecule has 0 fully saturated rings. The van der Waals surface area contributed by atoms with Gasteiger partial charge in [0.25, 0.3) is 0 Å². The first-order chi connectivity index (χ1) is 15.3. The molecule has 2 aromatic carbocycles. The predicted octanol–water partition coefficient (Wildman–Crippen LogP) is 4.39. The lowest BCUT2D eigenvalue weighted by molar-refractivity contribution is -0.146. The molecule has 0 radical (unpaired) electrons. The van der Waals surface area contributed by atoms with Gasteiger partial charge in [-0.25, -0.2) is 9.59 Å². The number of ether oxygens (including phenoxy) is 2. The van der Waals surface area contributed by atoms with Crippen molar-refractivity contribution in [3.8, 4) is 0 Å². The molecule has 1 aliphatic heterocycles. The Morgan fingerprint density at radius 3 is 2.50 bits per heavy atom. The lowest BCUT2D eigenvalue weighted by Gasteiger charge is -2.24. The number of carbonyl (C=O) groups excluding carboxylic acids is 2. The minimum Gasteiger partial charge on any atom is -0.465 e. The summed E-state index contributed by atoms with van der Waals surface area (Å²) in [5.74, 6) is -0.561. The van der Waals surface area contributed by atoms with E-state index in [1.807, 2.05) is 64.1 Å². The van der Waals surface area contributed by atoms with Crippen LogP contribution in [0.4, 0.5) is 0 Å². The molecule has 2 heterocycles. The molecule has 1 N–H and O–H groups in total. The summed E-state index contributed by atoms with van der Waals surface area (Å²) in [6.45, 7) is 9.12. The second kappa shape index (κ2) is 8.79. The molecule has 0 saturated carbocycles. The first-order valence-electron chi connectivity index (χ1n) is 11.1. The van der Waals surface area contributed by atoms with Crippen LogP contribution >= 0.6 is 0 Å². The lowest BCUT2D eigenvalue weighted by Crippen LogP contribution is -2.36. The Balaban J connectivity index is 1.67. The van der Waals surface area contributed by atoms with Gasteiger partial charge >= 0.3 is 11.9 Å². The summed E-state index contributed by atoms with van der Waals surface area (Å²) in [5, 5.41) is 4.40. The molecule has 168 valence electrons. The molecule has 1 aromatic heterocycles. The van der Waals surface area contributed by atoms with Gasteiger partial charge in [0.2, 0.25) is 0 Å². The van der Waals surface area contributed by atoms with Crippen molar-refractivity contribution >= 4 is 22.8 Å². The van der Waals surface area contributed by atoms with Gasteiger partial charge in [-0.1, -0.05) is 30.3 Å². The molecular formula is C26H30N2O4. The highest BCUT2D eigenvalue weighted by Crippen LogP contribution is 2.35. The average Bonchev–Trinajstić information content (AvgIpc) is 3.07. The molecule has 0 bridgehead atoms. The van der Waals surface area contributed by atoms with E-state index in [2.05, 4.69) is 22.0 Å². The zero-order chi connectivity index (χ0) is 22.9. The summed E-state index contributed by atoms with van der Waals surface area (Å²) in [4.78, 5) is 25.0. The molecule has 0 spiro atoms. The van der Waals surface area contributed by atoms with Crippen molar-refractivity contribution in [3.63, 3.8) is 0 Å². The number of fused-ring (bicyclic) bond motifs is 3. The highest BCUT2D eigenvalue weighted by atomic mass is 16.6. The molecule has 1 aliphatic rings. The van der Waals surface area contributed by atoms with E-state index >= 15 is 0 Å². The molecule has 32 heavy (non-hydrogen) atoms. The van der Waals surface area contributed by atoms with Crippen molar-refractivity contribution in [1.29, 1.82) is 0 Å². The van der Waals surface area contributed by atoms with Crippen molar-refractivity contribution in [2.45, 2.75) is 52.3 Å². The summed E-state index contributed by atoms with van der Waals surface area (Å²) in [5.41, 5.74) is 4.34. The Kier molecular flexibility index (Phi) is 6.07. The molecule has 0 saturated heterocycles. The van der Waals surface area contributed by atoms with Gasteiger partial charge in [0.1, 0.15) is 11.6 Å². The largest absolute Gasteiger partial charge is 0.465 e. The van der Waals surface area contributed by atoms with Crippen LogP contribution in [-0.2, 0) is 27.2 Å².